The summed E-state index contributed by atoms with van der Waals surface area (Å²) in [7, 11) is 2.58. The van der Waals surface area contributed by atoms with E-state index in [9.17, 15) is 31.9 Å². The minimum absolute atomic E-state index is 0.0166. The summed E-state index contributed by atoms with van der Waals surface area (Å²) in [5.74, 6) is -2.99. The molecule has 0 saturated heterocycles. The SMILES string of the molecule is Cn1c(N)c(C(C=N)CC(=O)Nc2nc(-c3cc(F)cc(C(F)(F)F)c3)cs2)c(=O)n(C)c1=O. The van der Waals surface area contributed by atoms with Crippen LogP contribution in [0.5, 0.6) is 0 Å². The summed E-state index contributed by atoms with van der Waals surface area (Å²) in [5, 5.41) is 11.4. The Kier molecular flexibility index (Phi) is 6.72. The van der Waals surface area contributed by atoms with Gasteiger partial charge in [0.15, 0.2) is 5.13 Å². The van der Waals surface area contributed by atoms with Gasteiger partial charge in [-0.05, 0) is 18.2 Å². The number of halogens is 4. The van der Waals surface area contributed by atoms with Gasteiger partial charge in [0.2, 0.25) is 5.91 Å². The highest BCUT2D eigenvalue weighted by atomic mass is 32.1. The van der Waals surface area contributed by atoms with Gasteiger partial charge >= 0.3 is 11.9 Å². The van der Waals surface area contributed by atoms with Crippen LogP contribution in [0.15, 0.2) is 33.2 Å². The zero-order chi connectivity index (χ0) is 25.4. The lowest BCUT2D eigenvalue weighted by Gasteiger charge is -2.16. The predicted octanol–water partition coefficient (Wildman–Crippen LogP) is 2.71. The van der Waals surface area contributed by atoms with Crippen molar-refractivity contribution in [2.45, 2.75) is 18.5 Å². The molecule has 1 unspecified atom stereocenters. The second kappa shape index (κ2) is 9.21. The van der Waals surface area contributed by atoms with Crippen molar-refractivity contribution < 1.29 is 22.4 Å². The minimum Gasteiger partial charge on any atom is -0.385 e. The maximum absolute atomic E-state index is 13.7. The van der Waals surface area contributed by atoms with E-state index in [0.717, 1.165) is 38.8 Å². The van der Waals surface area contributed by atoms with E-state index in [4.69, 9.17) is 11.1 Å². The predicted molar refractivity (Wildman–Crippen MR) is 119 cm³/mol. The number of carbonyl (C=O) groups excluding carboxylic acids is 1. The van der Waals surface area contributed by atoms with Crippen LogP contribution in [-0.2, 0) is 25.1 Å². The van der Waals surface area contributed by atoms with E-state index >= 15 is 0 Å². The van der Waals surface area contributed by atoms with Crippen molar-refractivity contribution >= 4 is 34.4 Å². The van der Waals surface area contributed by atoms with E-state index in [2.05, 4.69) is 10.3 Å². The van der Waals surface area contributed by atoms with Crippen molar-refractivity contribution in [3.63, 3.8) is 0 Å². The number of hydrogen-bond donors (Lipinski definition) is 3. The summed E-state index contributed by atoms with van der Waals surface area (Å²) >= 11 is 0.896. The average Bonchev–Trinajstić information content (AvgIpc) is 3.23. The quantitative estimate of drug-likeness (QED) is 0.355. The first-order valence-electron chi connectivity index (χ1n) is 9.53. The standard InChI is InChI=1S/C20H18F4N6O3S/c1-29-16(26)15(17(32)30(2)19(29)33)10(7-25)5-14(31)28-18-27-13(8-34-18)9-3-11(20(22,23)24)6-12(21)4-9/h3-4,6-8,10,25H,5,26H2,1-2H3,(H,27,28,31). The van der Waals surface area contributed by atoms with Gasteiger partial charge in [-0.15, -0.1) is 11.3 Å². The van der Waals surface area contributed by atoms with Crippen molar-refractivity contribution in [2.75, 3.05) is 11.1 Å². The molecule has 3 aromatic rings. The Hall–Kier alpha value is -3.81. The molecule has 34 heavy (non-hydrogen) atoms. The normalized spacial score (nSPS) is 12.4. The maximum Gasteiger partial charge on any atom is 0.416 e. The molecule has 3 rings (SSSR count). The van der Waals surface area contributed by atoms with Crippen LogP contribution in [0.25, 0.3) is 11.3 Å². The molecule has 0 fully saturated rings. The van der Waals surface area contributed by atoms with Crippen molar-refractivity contribution in [3.8, 4) is 11.3 Å². The molecule has 0 radical (unpaired) electrons. The molecule has 0 aliphatic heterocycles. The number of aromatic nitrogens is 3. The van der Waals surface area contributed by atoms with Crippen LogP contribution in [-0.4, -0.2) is 26.2 Å². The number of carbonyl (C=O) groups is 1. The summed E-state index contributed by atoms with van der Waals surface area (Å²) in [5.41, 5.74) is 3.08. The fourth-order valence-electron chi connectivity index (χ4n) is 3.21. The van der Waals surface area contributed by atoms with Crippen LogP contribution in [0.1, 0.15) is 23.5 Å². The number of rotatable bonds is 6. The lowest BCUT2D eigenvalue weighted by atomic mass is 9.98. The Morgan fingerprint density at radius 1 is 1.26 bits per heavy atom. The van der Waals surface area contributed by atoms with Crippen LogP contribution in [0.4, 0.5) is 28.5 Å². The number of thiazole rings is 1. The smallest absolute Gasteiger partial charge is 0.385 e. The summed E-state index contributed by atoms with van der Waals surface area (Å²) in [4.78, 5) is 41.0. The van der Waals surface area contributed by atoms with Crippen molar-refractivity contribution in [1.29, 1.82) is 5.41 Å². The van der Waals surface area contributed by atoms with Crippen molar-refractivity contribution in [2.24, 2.45) is 14.1 Å². The molecule has 1 amide bonds. The van der Waals surface area contributed by atoms with Gasteiger partial charge in [0.1, 0.15) is 11.6 Å². The first-order chi connectivity index (χ1) is 15.8. The number of nitrogens with two attached hydrogens (primary N) is 1. The monoisotopic (exact) mass is 498 g/mol. The Morgan fingerprint density at radius 2 is 1.94 bits per heavy atom. The summed E-state index contributed by atoms with van der Waals surface area (Å²) in [6.45, 7) is 0. The lowest BCUT2D eigenvalue weighted by molar-refractivity contribution is -0.137. The first-order valence-corrected chi connectivity index (χ1v) is 10.4. The number of benzene rings is 1. The van der Waals surface area contributed by atoms with Crippen LogP contribution < -0.4 is 22.3 Å². The third-order valence-electron chi connectivity index (χ3n) is 4.99. The van der Waals surface area contributed by atoms with Crippen molar-refractivity contribution in [3.05, 3.63) is 61.4 Å². The molecule has 14 heteroatoms. The summed E-state index contributed by atoms with van der Waals surface area (Å²) in [6.07, 6.45) is -4.30. The largest absolute Gasteiger partial charge is 0.416 e. The molecule has 1 aromatic carbocycles. The Balaban J connectivity index is 1.82. The number of nitrogen functional groups attached to an aromatic ring is 1. The van der Waals surface area contributed by atoms with Crippen molar-refractivity contribution in [1.82, 2.24) is 14.1 Å². The maximum atomic E-state index is 13.7. The van der Waals surface area contributed by atoms with Crippen LogP contribution in [0, 0.1) is 11.2 Å². The molecule has 2 aromatic heterocycles. The third-order valence-corrected chi connectivity index (χ3v) is 5.75. The highest BCUT2D eigenvalue weighted by molar-refractivity contribution is 7.14. The average molecular weight is 498 g/mol. The zero-order valence-electron chi connectivity index (χ0n) is 17.7. The molecule has 0 saturated carbocycles. The first kappa shape index (κ1) is 24.8. The molecular weight excluding hydrogens is 480 g/mol. The fraction of sp³-hybridized carbons (Fsp3) is 0.250. The highest BCUT2D eigenvalue weighted by Gasteiger charge is 2.31. The van der Waals surface area contributed by atoms with Gasteiger partial charge in [-0.25, -0.2) is 14.2 Å². The zero-order valence-corrected chi connectivity index (χ0v) is 18.6. The van der Waals surface area contributed by atoms with Crippen LogP contribution in [0.2, 0.25) is 0 Å². The van der Waals surface area contributed by atoms with Crippen LogP contribution >= 0.6 is 11.3 Å². The molecule has 0 spiro atoms. The van der Waals surface area contributed by atoms with Crippen LogP contribution in [0.3, 0.4) is 0 Å². The van der Waals surface area contributed by atoms with E-state index in [1.54, 1.807) is 0 Å². The van der Waals surface area contributed by atoms with Gasteiger partial charge in [-0.2, -0.15) is 13.2 Å². The fourth-order valence-corrected chi connectivity index (χ4v) is 3.95. The molecule has 9 nitrogen and oxygen atoms in total. The van der Waals surface area contributed by atoms with Gasteiger partial charge in [0.05, 0.1) is 16.8 Å². The number of anilines is 2. The number of amides is 1. The van der Waals surface area contributed by atoms with Gasteiger partial charge in [0, 0.05) is 43.6 Å². The van der Waals surface area contributed by atoms with Gasteiger partial charge in [-0.3, -0.25) is 18.7 Å². The van der Waals surface area contributed by atoms with E-state index in [1.165, 1.54) is 19.5 Å². The molecule has 1 atom stereocenters. The van der Waals surface area contributed by atoms with E-state index in [1.807, 2.05) is 0 Å². The third kappa shape index (κ3) is 4.90. The number of alkyl halides is 3. The molecule has 0 bridgehead atoms. The lowest BCUT2D eigenvalue weighted by Crippen LogP contribution is -2.41. The molecule has 0 aliphatic rings. The van der Waals surface area contributed by atoms with Gasteiger partial charge in [-0.1, -0.05) is 0 Å². The second-order valence-corrected chi connectivity index (χ2v) is 8.15. The molecule has 2 heterocycles. The minimum atomic E-state index is -4.74. The summed E-state index contributed by atoms with van der Waals surface area (Å²) in [6, 6.07) is 2.00. The molecule has 0 aliphatic carbocycles. The topological polar surface area (TPSA) is 136 Å². The number of nitrogens with one attached hydrogen (secondary N) is 2. The number of nitrogens with zero attached hydrogens (tertiary/aromatic N) is 3. The van der Waals surface area contributed by atoms with Gasteiger partial charge < -0.3 is 16.5 Å². The molecule has 4 N–H and O–H groups in total. The molecule has 180 valence electrons. The van der Waals surface area contributed by atoms with E-state index in [-0.39, 0.29) is 27.8 Å². The molecular formula is C20H18F4N6O3S. The van der Waals surface area contributed by atoms with E-state index in [0.29, 0.717) is 6.07 Å². The van der Waals surface area contributed by atoms with Gasteiger partial charge in [0.25, 0.3) is 5.56 Å². The highest BCUT2D eigenvalue weighted by Crippen LogP contribution is 2.34. The van der Waals surface area contributed by atoms with E-state index < -0.39 is 47.1 Å². The Bertz CT molecular complexity index is 1390. The number of hydrogen-bond acceptors (Lipinski definition) is 7. The summed E-state index contributed by atoms with van der Waals surface area (Å²) < 4.78 is 54.4. The second-order valence-electron chi connectivity index (χ2n) is 7.29. The Morgan fingerprint density at radius 3 is 2.56 bits per heavy atom. The Labute approximate surface area is 193 Å².